The molecule has 0 spiro atoms. The van der Waals surface area contributed by atoms with Crippen LogP contribution in [0.5, 0.6) is 0 Å². The summed E-state index contributed by atoms with van der Waals surface area (Å²) in [7, 11) is 0. The van der Waals surface area contributed by atoms with Crippen LogP contribution < -0.4 is 5.32 Å². The van der Waals surface area contributed by atoms with E-state index in [2.05, 4.69) is 40.4 Å². The molecule has 176 valence electrons. The molecule has 0 aliphatic carbocycles. The summed E-state index contributed by atoms with van der Waals surface area (Å²) >= 11 is 0. The highest BCUT2D eigenvalue weighted by molar-refractivity contribution is 5.98. The fourth-order valence-corrected chi connectivity index (χ4v) is 4.16. The van der Waals surface area contributed by atoms with Crippen LogP contribution in [0, 0.1) is 5.82 Å². The van der Waals surface area contributed by atoms with Crippen molar-refractivity contribution < 1.29 is 9.18 Å². The number of carbonyl (C=O) groups excluding carboxylic acids is 1. The molecule has 6 aromatic rings. The van der Waals surface area contributed by atoms with E-state index in [1.807, 2.05) is 18.2 Å². The third-order valence-electron chi connectivity index (χ3n) is 5.91. The van der Waals surface area contributed by atoms with Crippen molar-refractivity contribution in [2.24, 2.45) is 0 Å². The highest BCUT2D eigenvalue weighted by atomic mass is 19.1. The Labute approximate surface area is 203 Å². The lowest BCUT2D eigenvalue weighted by atomic mass is 10.0. The standard InChI is InChI=1S/C26H19FN8O/c1-2-20(36)31-16-10-15(12-29-13-16)17-5-6-19-21(22(17)27)24(35-34-19)26-32-23-18(7-9-30-25(23)33-26)14-4-3-8-28-11-14/h3-13H,2H2,1H3,(H,31,36)(H,34,35)(H,30,32,33). The number of halogens is 1. The van der Waals surface area contributed by atoms with E-state index in [1.165, 1.54) is 6.20 Å². The number of nitrogens with one attached hydrogen (secondary N) is 3. The molecule has 3 N–H and O–H groups in total. The summed E-state index contributed by atoms with van der Waals surface area (Å²) in [6, 6.07) is 10.8. The molecule has 1 aromatic carbocycles. The molecule has 0 aliphatic rings. The third kappa shape index (κ3) is 3.65. The fourth-order valence-electron chi connectivity index (χ4n) is 4.16. The minimum Gasteiger partial charge on any atom is -0.335 e. The molecule has 0 saturated heterocycles. The first kappa shape index (κ1) is 21.5. The summed E-state index contributed by atoms with van der Waals surface area (Å²) in [5, 5.41) is 10.3. The van der Waals surface area contributed by atoms with Crippen molar-refractivity contribution in [2.45, 2.75) is 13.3 Å². The normalized spacial score (nSPS) is 11.3. The number of benzene rings is 1. The number of pyridine rings is 3. The maximum atomic E-state index is 16.0. The number of amides is 1. The maximum absolute atomic E-state index is 16.0. The van der Waals surface area contributed by atoms with Crippen LogP contribution in [0.2, 0.25) is 0 Å². The first-order chi connectivity index (χ1) is 17.6. The van der Waals surface area contributed by atoms with Gasteiger partial charge in [-0.25, -0.2) is 14.4 Å². The van der Waals surface area contributed by atoms with Gasteiger partial charge in [0.05, 0.1) is 28.3 Å². The molecule has 0 fully saturated rings. The number of hydrogen-bond acceptors (Lipinski definition) is 6. The molecule has 0 saturated carbocycles. The maximum Gasteiger partial charge on any atom is 0.224 e. The van der Waals surface area contributed by atoms with Crippen molar-refractivity contribution in [1.29, 1.82) is 0 Å². The first-order valence-corrected chi connectivity index (χ1v) is 11.3. The zero-order chi connectivity index (χ0) is 24.6. The van der Waals surface area contributed by atoms with E-state index in [1.54, 1.807) is 49.9 Å². The molecular formula is C26H19FN8O. The van der Waals surface area contributed by atoms with E-state index < -0.39 is 5.82 Å². The SMILES string of the molecule is CCC(=O)Nc1cncc(-c2ccc3[nH]nc(-c4nc5nccc(-c6cccnc6)c5[nH]4)c3c2F)c1. The second-order valence-electron chi connectivity index (χ2n) is 8.17. The van der Waals surface area contributed by atoms with Gasteiger partial charge in [-0.1, -0.05) is 13.0 Å². The van der Waals surface area contributed by atoms with Gasteiger partial charge in [-0.05, 0) is 30.3 Å². The highest BCUT2D eigenvalue weighted by Gasteiger charge is 2.21. The summed E-state index contributed by atoms with van der Waals surface area (Å²) < 4.78 is 16.0. The van der Waals surface area contributed by atoms with Crippen LogP contribution >= 0.6 is 0 Å². The summed E-state index contributed by atoms with van der Waals surface area (Å²) in [4.78, 5) is 32.4. The van der Waals surface area contributed by atoms with Crippen LogP contribution in [-0.4, -0.2) is 41.0 Å². The molecule has 0 unspecified atom stereocenters. The quantitative estimate of drug-likeness (QED) is 0.316. The van der Waals surface area contributed by atoms with Crippen molar-refractivity contribution in [1.82, 2.24) is 35.1 Å². The number of nitrogens with zero attached hydrogens (tertiary/aromatic N) is 5. The summed E-state index contributed by atoms with van der Waals surface area (Å²) in [5.74, 6) is -0.234. The third-order valence-corrected chi connectivity index (χ3v) is 5.91. The number of fused-ring (bicyclic) bond motifs is 2. The summed E-state index contributed by atoms with van der Waals surface area (Å²) in [5.41, 5.74) is 5.19. The highest BCUT2D eigenvalue weighted by Crippen LogP contribution is 2.35. The zero-order valence-electron chi connectivity index (χ0n) is 19.1. The smallest absolute Gasteiger partial charge is 0.224 e. The van der Waals surface area contributed by atoms with Crippen molar-refractivity contribution in [3.8, 4) is 33.8 Å². The van der Waals surface area contributed by atoms with Gasteiger partial charge in [-0.2, -0.15) is 5.10 Å². The number of H-pyrrole nitrogens is 2. The molecule has 10 heteroatoms. The van der Waals surface area contributed by atoms with Gasteiger partial charge in [0.2, 0.25) is 5.91 Å². The molecule has 0 atom stereocenters. The zero-order valence-corrected chi connectivity index (χ0v) is 19.1. The Hall–Kier alpha value is -4.99. The summed E-state index contributed by atoms with van der Waals surface area (Å²) in [6.45, 7) is 1.76. The Bertz CT molecular complexity index is 1740. The lowest BCUT2D eigenvalue weighted by Gasteiger charge is -2.08. The molecule has 0 radical (unpaired) electrons. The van der Waals surface area contributed by atoms with Gasteiger partial charge in [0.25, 0.3) is 0 Å². The second kappa shape index (κ2) is 8.66. The molecule has 0 bridgehead atoms. The number of hydrogen-bond donors (Lipinski definition) is 3. The Morgan fingerprint density at radius 1 is 1.03 bits per heavy atom. The van der Waals surface area contributed by atoms with Crippen LogP contribution in [0.3, 0.4) is 0 Å². The van der Waals surface area contributed by atoms with Gasteiger partial charge in [0, 0.05) is 53.5 Å². The van der Waals surface area contributed by atoms with E-state index in [-0.39, 0.29) is 11.3 Å². The molecule has 5 heterocycles. The molecular weight excluding hydrogens is 459 g/mol. The van der Waals surface area contributed by atoms with Gasteiger partial charge in [-0.15, -0.1) is 0 Å². The van der Waals surface area contributed by atoms with E-state index in [0.717, 1.165) is 11.1 Å². The molecule has 6 rings (SSSR count). The number of aromatic nitrogens is 7. The average molecular weight is 478 g/mol. The van der Waals surface area contributed by atoms with E-state index >= 15 is 4.39 Å². The van der Waals surface area contributed by atoms with Crippen LogP contribution in [0.4, 0.5) is 10.1 Å². The lowest BCUT2D eigenvalue weighted by Crippen LogP contribution is -2.09. The minimum absolute atomic E-state index is 0.147. The topological polar surface area (TPSA) is 125 Å². The molecule has 1 amide bonds. The number of carbonyl (C=O) groups is 1. The molecule has 36 heavy (non-hydrogen) atoms. The molecule has 5 aromatic heterocycles. The largest absolute Gasteiger partial charge is 0.335 e. The minimum atomic E-state index is -0.474. The predicted molar refractivity (Wildman–Crippen MR) is 134 cm³/mol. The van der Waals surface area contributed by atoms with Crippen LogP contribution in [0.25, 0.3) is 55.8 Å². The van der Waals surface area contributed by atoms with Gasteiger partial charge in [0.1, 0.15) is 11.5 Å². The van der Waals surface area contributed by atoms with Crippen molar-refractivity contribution in [2.75, 3.05) is 5.32 Å². The Morgan fingerprint density at radius 3 is 2.75 bits per heavy atom. The number of imidazole rings is 1. The number of anilines is 1. The predicted octanol–water partition coefficient (Wildman–Crippen LogP) is 5.11. The lowest BCUT2D eigenvalue weighted by molar-refractivity contribution is -0.115. The van der Waals surface area contributed by atoms with Crippen molar-refractivity contribution in [3.63, 3.8) is 0 Å². The molecule has 9 nitrogen and oxygen atoms in total. The van der Waals surface area contributed by atoms with Crippen LogP contribution in [-0.2, 0) is 4.79 Å². The van der Waals surface area contributed by atoms with Crippen LogP contribution in [0.1, 0.15) is 13.3 Å². The van der Waals surface area contributed by atoms with Gasteiger partial charge in [-0.3, -0.25) is 19.9 Å². The second-order valence-corrected chi connectivity index (χ2v) is 8.17. The monoisotopic (exact) mass is 478 g/mol. The average Bonchev–Trinajstić information content (AvgIpc) is 3.54. The first-order valence-electron chi connectivity index (χ1n) is 11.3. The fraction of sp³-hybridized carbons (Fsp3) is 0.0769. The van der Waals surface area contributed by atoms with E-state index in [9.17, 15) is 4.79 Å². The Kier molecular flexibility index (Phi) is 5.18. The van der Waals surface area contributed by atoms with Crippen LogP contribution in [0.15, 0.2) is 67.4 Å². The van der Waals surface area contributed by atoms with E-state index in [4.69, 9.17) is 0 Å². The van der Waals surface area contributed by atoms with E-state index in [0.29, 0.717) is 51.4 Å². The van der Waals surface area contributed by atoms with Gasteiger partial charge >= 0.3 is 0 Å². The number of rotatable bonds is 5. The Balaban J connectivity index is 1.47. The van der Waals surface area contributed by atoms with Crippen molar-refractivity contribution >= 4 is 33.7 Å². The van der Waals surface area contributed by atoms with Gasteiger partial charge < -0.3 is 10.3 Å². The van der Waals surface area contributed by atoms with Crippen molar-refractivity contribution in [3.05, 3.63) is 73.2 Å². The summed E-state index contributed by atoms with van der Waals surface area (Å²) in [6.07, 6.45) is 8.55. The molecule has 0 aliphatic heterocycles. The Morgan fingerprint density at radius 2 is 1.92 bits per heavy atom. The van der Waals surface area contributed by atoms with Gasteiger partial charge in [0.15, 0.2) is 11.5 Å². The number of aromatic amines is 2.